The Hall–Kier alpha value is -2.45. The Labute approximate surface area is 194 Å². The molecule has 33 heavy (non-hydrogen) atoms. The molecule has 5 nitrogen and oxygen atoms in total. The molecule has 0 amide bonds. The van der Waals surface area contributed by atoms with Gasteiger partial charge in [0.05, 0.1) is 18.2 Å². The van der Waals surface area contributed by atoms with Gasteiger partial charge in [0.25, 0.3) is 0 Å². The van der Waals surface area contributed by atoms with Crippen molar-refractivity contribution >= 4 is 0 Å². The van der Waals surface area contributed by atoms with Gasteiger partial charge in [0.2, 0.25) is 0 Å². The fourth-order valence-corrected chi connectivity index (χ4v) is 4.05. The summed E-state index contributed by atoms with van der Waals surface area (Å²) in [6.07, 6.45) is 4.99. The number of benzene rings is 1. The summed E-state index contributed by atoms with van der Waals surface area (Å²) in [6, 6.07) is 2.98. The highest BCUT2D eigenvalue weighted by Gasteiger charge is 2.34. The Balaban J connectivity index is 2.04. The number of rotatable bonds is 8. The zero-order chi connectivity index (χ0) is 24.2. The molecule has 1 aliphatic heterocycles. The van der Waals surface area contributed by atoms with Crippen molar-refractivity contribution in [3.63, 3.8) is 0 Å². The van der Waals surface area contributed by atoms with Crippen molar-refractivity contribution in [3.05, 3.63) is 59.5 Å². The summed E-state index contributed by atoms with van der Waals surface area (Å²) in [5.74, 6) is -0.551. The van der Waals surface area contributed by atoms with Gasteiger partial charge in [-0.2, -0.15) is 5.10 Å². The third-order valence-electron chi connectivity index (χ3n) is 5.92. The summed E-state index contributed by atoms with van der Waals surface area (Å²) in [5, 5.41) is 11.2. The second kappa shape index (κ2) is 10.7. The minimum Gasteiger partial charge on any atom is -0.313 e. The Morgan fingerprint density at radius 3 is 2.64 bits per heavy atom. The van der Waals surface area contributed by atoms with Crippen LogP contribution in [0.15, 0.2) is 42.0 Å². The molecule has 3 unspecified atom stereocenters. The van der Waals surface area contributed by atoms with E-state index in [0.29, 0.717) is 32.0 Å². The molecule has 8 heteroatoms. The molecule has 2 N–H and O–H groups in total. The highest BCUT2D eigenvalue weighted by atomic mass is 19.1. The zero-order valence-corrected chi connectivity index (χ0v) is 20.0. The van der Waals surface area contributed by atoms with Gasteiger partial charge in [-0.05, 0) is 43.0 Å². The molecule has 0 saturated carbocycles. The Bertz CT molecular complexity index is 1010. The van der Waals surface area contributed by atoms with Gasteiger partial charge in [0.1, 0.15) is 23.6 Å². The Morgan fingerprint density at radius 1 is 1.27 bits per heavy atom. The van der Waals surface area contributed by atoms with Crippen LogP contribution in [0.3, 0.4) is 0 Å². The molecule has 1 aliphatic rings. The maximum absolute atomic E-state index is 14.5. The van der Waals surface area contributed by atoms with E-state index in [9.17, 15) is 13.2 Å². The van der Waals surface area contributed by atoms with Crippen LogP contribution in [-0.4, -0.2) is 40.6 Å². The van der Waals surface area contributed by atoms with Gasteiger partial charge in [-0.25, -0.2) is 22.8 Å². The van der Waals surface area contributed by atoms with Gasteiger partial charge in [-0.1, -0.05) is 39.0 Å². The van der Waals surface area contributed by atoms with E-state index in [4.69, 9.17) is 0 Å². The average molecular weight is 462 g/mol. The van der Waals surface area contributed by atoms with Crippen molar-refractivity contribution in [2.75, 3.05) is 19.6 Å². The van der Waals surface area contributed by atoms with Crippen molar-refractivity contribution in [1.82, 2.24) is 25.4 Å². The average Bonchev–Trinajstić information content (AvgIpc) is 3.35. The SMILES string of the molecule is C/C=C\C(=C/C)Cn1nc(-c2cc(F)ccc2F)nc1C(NCC1CNCC1F)C(C)(C)C. The van der Waals surface area contributed by atoms with Gasteiger partial charge in [0, 0.05) is 25.6 Å². The van der Waals surface area contributed by atoms with Crippen LogP contribution in [0.2, 0.25) is 0 Å². The molecule has 1 fully saturated rings. The van der Waals surface area contributed by atoms with E-state index < -0.39 is 17.8 Å². The van der Waals surface area contributed by atoms with Crippen molar-refractivity contribution in [2.24, 2.45) is 11.3 Å². The normalized spacial score (nSPS) is 20.7. The van der Waals surface area contributed by atoms with Crippen LogP contribution in [0.1, 0.15) is 46.5 Å². The van der Waals surface area contributed by atoms with E-state index in [1.165, 1.54) is 0 Å². The summed E-state index contributed by atoms with van der Waals surface area (Å²) in [7, 11) is 0. The van der Waals surface area contributed by atoms with E-state index in [1.54, 1.807) is 4.68 Å². The Morgan fingerprint density at radius 2 is 2.03 bits per heavy atom. The lowest BCUT2D eigenvalue weighted by atomic mass is 9.85. The van der Waals surface area contributed by atoms with Crippen LogP contribution in [0.5, 0.6) is 0 Å². The molecule has 1 aromatic carbocycles. The molecule has 0 aliphatic carbocycles. The van der Waals surface area contributed by atoms with E-state index in [1.807, 2.05) is 32.1 Å². The molecule has 3 atom stereocenters. The van der Waals surface area contributed by atoms with E-state index >= 15 is 0 Å². The standard InChI is InChI=1S/C25H34F3N5/c1-6-8-16(7-2)15-33-24(31-23(32-33)19-11-18(26)9-10-20(19)27)22(25(3,4)5)30-13-17-12-29-14-21(17)28/h6-11,17,21-22,29-30H,12-15H2,1-5H3/b8-6-,16-7+. The molecule has 0 bridgehead atoms. The van der Waals surface area contributed by atoms with Crippen LogP contribution in [-0.2, 0) is 6.54 Å². The highest BCUT2D eigenvalue weighted by Crippen LogP contribution is 2.34. The number of alkyl halides is 1. The van der Waals surface area contributed by atoms with Crippen LogP contribution >= 0.6 is 0 Å². The smallest absolute Gasteiger partial charge is 0.184 e. The molecule has 1 saturated heterocycles. The van der Waals surface area contributed by atoms with Gasteiger partial charge in [-0.15, -0.1) is 0 Å². The molecular formula is C25H34F3N5. The molecule has 2 heterocycles. The van der Waals surface area contributed by atoms with Gasteiger partial charge in [-0.3, -0.25) is 0 Å². The molecule has 3 rings (SSSR count). The van der Waals surface area contributed by atoms with Crippen LogP contribution in [0.25, 0.3) is 11.4 Å². The summed E-state index contributed by atoms with van der Waals surface area (Å²) in [5.41, 5.74) is 0.725. The predicted molar refractivity (Wildman–Crippen MR) is 125 cm³/mol. The fourth-order valence-electron chi connectivity index (χ4n) is 4.05. The zero-order valence-electron chi connectivity index (χ0n) is 20.0. The lowest BCUT2D eigenvalue weighted by Crippen LogP contribution is -2.39. The lowest BCUT2D eigenvalue weighted by Gasteiger charge is -2.32. The lowest BCUT2D eigenvalue weighted by molar-refractivity contribution is 0.218. The fraction of sp³-hybridized carbons (Fsp3) is 0.520. The minimum absolute atomic E-state index is 0.0135. The number of hydrogen-bond acceptors (Lipinski definition) is 4. The molecule has 2 aromatic rings. The first-order valence-electron chi connectivity index (χ1n) is 11.4. The summed E-state index contributed by atoms with van der Waals surface area (Å²) in [6.45, 7) is 11.9. The van der Waals surface area contributed by atoms with Crippen molar-refractivity contribution in [1.29, 1.82) is 0 Å². The minimum atomic E-state index is -0.905. The quantitative estimate of drug-likeness (QED) is 0.545. The van der Waals surface area contributed by atoms with Crippen molar-refractivity contribution in [2.45, 2.75) is 53.4 Å². The number of aromatic nitrogens is 3. The van der Waals surface area contributed by atoms with Gasteiger partial charge >= 0.3 is 0 Å². The van der Waals surface area contributed by atoms with Crippen LogP contribution in [0, 0.1) is 23.0 Å². The first-order valence-corrected chi connectivity index (χ1v) is 11.4. The third-order valence-corrected chi connectivity index (χ3v) is 5.92. The highest BCUT2D eigenvalue weighted by molar-refractivity contribution is 5.55. The van der Waals surface area contributed by atoms with Gasteiger partial charge < -0.3 is 10.6 Å². The summed E-state index contributed by atoms with van der Waals surface area (Å²) >= 11 is 0. The van der Waals surface area contributed by atoms with E-state index in [-0.39, 0.29) is 28.8 Å². The molecule has 180 valence electrons. The summed E-state index contributed by atoms with van der Waals surface area (Å²) in [4.78, 5) is 4.68. The first kappa shape index (κ1) is 25.2. The van der Waals surface area contributed by atoms with Gasteiger partial charge in [0.15, 0.2) is 5.82 Å². The van der Waals surface area contributed by atoms with Crippen molar-refractivity contribution in [3.8, 4) is 11.4 Å². The maximum atomic E-state index is 14.5. The van der Waals surface area contributed by atoms with E-state index in [2.05, 4.69) is 41.5 Å². The number of nitrogens with one attached hydrogen (secondary N) is 2. The Kier molecular flexibility index (Phi) is 8.13. The first-order chi connectivity index (χ1) is 15.6. The molecule has 0 radical (unpaired) electrons. The van der Waals surface area contributed by atoms with Crippen LogP contribution in [0.4, 0.5) is 13.2 Å². The van der Waals surface area contributed by atoms with Crippen molar-refractivity contribution < 1.29 is 13.2 Å². The topological polar surface area (TPSA) is 54.8 Å². The number of allylic oxidation sites excluding steroid dienone is 4. The monoisotopic (exact) mass is 461 g/mol. The second-order valence-corrected chi connectivity index (χ2v) is 9.58. The number of hydrogen-bond donors (Lipinski definition) is 2. The largest absolute Gasteiger partial charge is 0.313 e. The molecule has 1 aromatic heterocycles. The van der Waals surface area contributed by atoms with E-state index in [0.717, 1.165) is 23.8 Å². The second-order valence-electron chi connectivity index (χ2n) is 9.58. The molecular weight excluding hydrogens is 427 g/mol. The third kappa shape index (κ3) is 6.12. The maximum Gasteiger partial charge on any atom is 0.184 e. The predicted octanol–water partition coefficient (Wildman–Crippen LogP) is 4.98. The summed E-state index contributed by atoms with van der Waals surface area (Å²) < 4.78 is 44.3. The number of nitrogens with zero attached hydrogens (tertiary/aromatic N) is 3. The number of halogens is 3. The molecule has 0 spiro atoms. The van der Waals surface area contributed by atoms with Crippen LogP contribution < -0.4 is 10.6 Å².